The summed E-state index contributed by atoms with van der Waals surface area (Å²) in [6.45, 7) is 3.64. The molecule has 0 heterocycles. The van der Waals surface area contributed by atoms with Gasteiger partial charge in [-0.05, 0) is 26.7 Å². The number of aliphatic carboxylic acids is 1. The van der Waals surface area contributed by atoms with Crippen LogP contribution < -0.4 is 16.0 Å². The molecular formula is C14H25N3O4. The molecule has 0 aliphatic heterocycles. The third-order valence-corrected chi connectivity index (χ3v) is 3.93. The number of urea groups is 1. The molecule has 2 unspecified atom stereocenters. The lowest BCUT2D eigenvalue weighted by Crippen LogP contribution is -2.51. The minimum absolute atomic E-state index is 0.163. The third-order valence-electron chi connectivity index (χ3n) is 3.93. The van der Waals surface area contributed by atoms with E-state index < -0.39 is 23.3 Å². The van der Waals surface area contributed by atoms with Gasteiger partial charge in [-0.25, -0.2) is 4.79 Å². The molecule has 0 saturated heterocycles. The predicted octanol–water partition coefficient (Wildman–Crippen LogP) is 0.701. The number of nitrogens with one attached hydrogen (secondary N) is 3. The predicted molar refractivity (Wildman–Crippen MR) is 77.8 cm³/mol. The standard InChI is InChI=1S/C14H25N3O4/c1-14(2,12(20)15-3)8-16-13(21)17-10-7-5-4-6-9(10)11(18)19/h9-10H,4-8H2,1-3H3,(H,15,20)(H,18,19)(H2,16,17,21). The maximum absolute atomic E-state index is 11.9. The molecular weight excluding hydrogens is 274 g/mol. The van der Waals surface area contributed by atoms with Gasteiger partial charge in [0.15, 0.2) is 0 Å². The van der Waals surface area contributed by atoms with E-state index in [0.29, 0.717) is 12.8 Å². The maximum Gasteiger partial charge on any atom is 0.315 e. The van der Waals surface area contributed by atoms with Gasteiger partial charge in [0.2, 0.25) is 5.91 Å². The van der Waals surface area contributed by atoms with Crippen molar-refractivity contribution in [2.45, 2.75) is 45.6 Å². The highest BCUT2D eigenvalue weighted by atomic mass is 16.4. The van der Waals surface area contributed by atoms with Gasteiger partial charge in [0.1, 0.15) is 0 Å². The zero-order chi connectivity index (χ0) is 16.0. The van der Waals surface area contributed by atoms with Crippen molar-refractivity contribution in [1.82, 2.24) is 16.0 Å². The summed E-state index contributed by atoms with van der Waals surface area (Å²) < 4.78 is 0. The van der Waals surface area contributed by atoms with Crippen LogP contribution in [0.2, 0.25) is 0 Å². The van der Waals surface area contributed by atoms with Crippen molar-refractivity contribution in [3.05, 3.63) is 0 Å². The van der Waals surface area contributed by atoms with Gasteiger partial charge in [0.25, 0.3) is 0 Å². The van der Waals surface area contributed by atoms with E-state index in [-0.39, 0.29) is 18.5 Å². The number of rotatable bonds is 5. The van der Waals surface area contributed by atoms with Crippen LogP contribution >= 0.6 is 0 Å². The Labute approximate surface area is 124 Å². The van der Waals surface area contributed by atoms with Crippen molar-refractivity contribution < 1.29 is 19.5 Å². The van der Waals surface area contributed by atoms with Gasteiger partial charge in [0.05, 0.1) is 11.3 Å². The van der Waals surface area contributed by atoms with Crippen LogP contribution in [-0.4, -0.2) is 42.6 Å². The normalized spacial score (nSPS) is 22.2. The van der Waals surface area contributed by atoms with Crippen LogP contribution in [0.1, 0.15) is 39.5 Å². The molecule has 0 bridgehead atoms. The van der Waals surface area contributed by atoms with Crippen molar-refractivity contribution in [3.8, 4) is 0 Å². The number of carbonyl (C=O) groups excluding carboxylic acids is 2. The molecule has 1 fully saturated rings. The van der Waals surface area contributed by atoms with Gasteiger partial charge in [-0.1, -0.05) is 12.8 Å². The Morgan fingerprint density at radius 3 is 2.38 bits per heavy atom. The molecule has 7 heteroatoms. The van der Waals surface area contributed by atoms with E-state index in [1.54, 1.807) is 20.9 Å². The van der Waals surface area contributed by atoms with Crippen LogP contribution in [0, 0.1) is 11.3 Å². The van der Waals surface area contributed by atoms with E-state index in [1.165, 1.54) is 0 Å². The number of carbonyl (C=O) groups is 3. The fourth-order valence-corrected chi connectivity index (χ4v) is 2.54. The smallest absolute Gasteiger partial charge is 0.315 e. The average molecular weight is 299 g/mol. The average Bonchev–Trinajstić information content (AvgIpc) is 2.44. The van der Waals surface area contributed by atoms with Crippen LogP contribution in [0.5, 0.6) is 0 Å². The summed E-state index contributed by atoms with van der Waals surface area (Å²) >= 11 is 0. The molecule has 7 nitrogen and oxygen atoms in total. The topological polar surface area (TPSA) is 108 Å². The van der Waals surface area contributed by atoms with Crippen molar-refractivity contribution in [3.63, 3.8) is 0 Å². The van der Waals surface area contributed by atoms with Crippen LogP contribution in [0.25, 0.3) is 0 Å². The molecule has 0 radical (unpaired) electrons. The summed E-state index contributed by atoms with van der Waals surface area (Å²) in [5.41, 5.74) is -0.717. The van der Waals surface area contributed by atoms with E-state index in [4.69, 9.17) is 5.11 Å². The fourth-order valence-electron chi connectivity index (χ4n) is 2.54. The lowest BCUT2D eigenvalue weighted by atomic mass is 9.84. The van der Waals surface area contributed by atoms with Gasteiger partial charge in [-0.3, -0.25) is 9.59 Å². The first-order chi connectivity index (χ1) is 9.77. The summed E-state index contributed by atoms with van der Waals surface area (Å²) in [7, 11) is 1.55. The first-order valence-electron chi connectivity index (χ1n) is 7.27. The first kappa shape index (κ1) is 17.3. The lowest BCUT2D eigenvalue weighted by Gasteiger charge is -2.30. The second-order valence-electron chi connectivity index (χ2n) is 6.13. The van der Waals surface area contributed by atoms with Gasteiger partial charge >= 0.3 is 12.0 Å². The molecule has 2 atom stereocenters. The Kier molecular flexibility index (Phi) is 5.99. The minimum atomic E-state index is -0.870. The molecule has 120 valence electrons. The van der Waals surface area contributed by atoms with Crippen molar-refractivity contribution in [2.24, 2.45) is 11.3 Å². The zero-order valence-corrected chi connectivity index (χ0v) is 12.9. The Morgan fingerprint density at radius 1 is 1.19 bits per heavy atom. The number of carboxylic acid groups (broad SMARTS) is 1. The number of hydrogen-bond acceptors (Lipinski definition) is 3. The fraction of sp³-hybridized carbons (Fsp3) is 0.786. The monoisotopic (exact) mass is 299 g/mol. The Hall–Kier alpha value is -1.79. The summed E-state index contributed by atoms with van der Waals surface area (Å²) in [4.78, 5) is 34.7. The summed E-state index contributed by atoms with van der Waals surface area (Å²) in [5.74, 6) is -1.56. The van der Waals surface area contributed by atoms with E-state index in [9.17, 15) is 14.4 Å². The zero-order valence-electron chi connectivity index (χ0n) is 12.9. The highest BCUT2D eigenvalue weighted by molar-refractivity contribution is 5.83. The van der Waals surface area contributed by atoms with Crippen molar-refractivity contribution >= 4 is 17.9 Å². The SMILES string of the molecule is CNC(=O)C(C)(C)CNC(=O)NC1CCCCC1C(=O)O. The van der Waals surface area contributed by atoms with Gasteiger partial charge in [-0.15, -0.1) is 0 Å². The van der Waals surface area contributed by atoms with Gasteiger partial charge in [0, 0.05) is 19.6 Å². The summed E-state index contributed by atoms with van der Waals surface area (Å²) in [6.07, 6.45) is 3.05. The third kappa shape index (κ3) is 4.91. The number of carboxylic acids is 1. The van der Waals surface area contributed by atoms with Crippen LogP contribution in [0.15, 0.2) is 0 Å². The van der Waals surface area contributed by atoms with Crippen molar-refractivity contribution in [1.29, 1.82) is 0 Å². The second kappa shape index (κ2) is 7.28. The summed E-state index contributed by atoms with van der Waals surface area (Å²) in [6, 6.07) is -0.774. The molecule has 4 N–H and O–H groups in total. The quantitative estimate of drug-likeness (QED) is 0.599. The lowest BCUT2D eigenvalue weighted by molar-refractivity contribution is -0.143. The van der Waals surface area contributed by atoms with E-state index in [0.717, 1.165) is 12.8 Å². The number of hydrogen-bond donors (Lipinski definition) is 4. The van der Waals surface area contributed by atoms with Crippen LogP contribution in [0.3, 0.4) is 0 Å². The largest absolute Gasteiger partial charge is 0.481 e. The van der Waals surface area contributed by atoms with E-state index in [1.807, 2.05) is 0 Å². The Bertz CT molecular complexity index is 409. The molecule has 1 aliphatic carbocycles. The molecule has 0 aromatic rings. The van der Waals surface area contributed by atoms with Crippen LogP contribution in [-0.2, 0) is 9.59 Å². The van der Waals surface area contributed by atoms with Crippen molar-refractivity contribution in [2.75, 3.05) is 13.6 Å². The Balaban J connectivity index is 2.49. The van der Waals surface area contributed by atoms with Crippen LogP contribution in [0.4, 0.5) is 4.79 Å². The molecule has 1 aliphatic rings. The first-order valence-corrected chi connectivity index (χ1v) is 7.27. The molecule has 0 spiro atoms. The maximum atomic E-state index is 11.9. The highest BCUT2D eigenvalue weighted by Crippen LogP contribution is 2.24. The summed E-state index contributed by atoms with van der Waals surface area (Å²) in [5, 5.41) is 17.1. The van der Waals surface area contributed by atoms with Gasteiger partial charge < -0.3 is 21.1 Å². The second-order valence-corrected chi connectivity index (χ2v) is 6.13. The molecule has 3 amide bonds. The highest BCUT2D eigenvalue weighted by Gasteiger charge is 2.32. The minimum Gasteiger partial charge on any atom is -0.481 e. The van der Waals surface area contributed by atoms with E-state index >= 15 is 0 Å². The molecule has 1 saturated carbocycles. The molecule has 0 aromatic heterocycles. The van der Waals surface area contributed by atoms with E-state index in [2.05, 4.69) is 16.0 Å². The van der Waals surface area contributed by atoms with Gasteiger partial charge in [-0.2, -0.15) is 0 Å². The number of amides is 3. The Morgan fingerprint density at radius 2 is 1.81 bits per heavy atom. The molecule has 0 aromatic carbocycles. The molecule has 21 heavy (non-hydrogen) atoms. The molecule has 1 rings (SSSR count).